The van der Waals surface area contributed by atoms with Crippen LogP contribution in [0.1, 0.15) is 23.1 Å². The van der Waals surface area contributed by atoms with Crippen molar-refractivity contribution >= 4 is 11.8 Å². The fraction of sp³-hybridized carbons (Fsp3) is 0.267. The number of nitrogens with one attached hydrogen (secondary N) is 2. The van der Waals surface area contributed by atoms with Gasteiger partial charge in [-0.3, -0.25) is 9.59 Å². The van der Waals surface area contributed by atoms with E-state index in [9.17, 15) is 14.0 Å². The summed E-state index contributed by atoms with van der Waals surface area (Å²) in [6.07, 6.45) is 0. The lowest BCUT2D eigenvalue weighted by Gasteiger charge is -2.05. The van der Waals surface area contributed by atoms with Gasteiger partial charge in [0.15, 0.2) is 5.69 Å². The van der Waals surface area contributed by atoms with E-state index in [1.165, 1.54) is 17.7 Å². The molecule has 0 aliphatic rings. The molecule has 0 fully saturated rings. The number of aromatic nitrogens is 2. The van der Waals surface area contributed by atoms with E-state index < -0.39 is 5.82 Å². The molecule has 2 aromatic rings. The van der Waals surface area contributed by atoms with E-state index in [0.717, 1.165) is 0 Å². The van der Waals surface area contributed by atoms with E-state index in [1.54, 1.807) is 31.2 Å². The third-order valence-corrected chi connectivity index (χ3v) is 2.99. The van der Waals surface area contributed by atoms with Crippen molar-refractivity contribution in [1.82, 2.24) is 20.4 Å². The molecule has 0 saturated carbocycles. The van der Waals surface area contributed by atoms with Crippen molar-refractivity contribution in [3.63, 3.8) is 0 Å². The van der Waals surface area contributed by atoms with Gasteiger partial charge in [-0.15, -0.1) is 0 Å². The minimum atomic E-state index is -0.411. The zero-order valence-corrected chi connectivity index (χ0v) is 12.4. The van der Waals surface area contributed by atoms with Gasteiger partial charge in [-0.05, 0) is 25.1 Å². The first kappa shape index (κ1) is 15.7. The summed E-state index contributed by atoms with van der Waals surface area (Å²) in [5.41, 5.74) is 1.14. The molecule has 2 rings (SSSR count). The van der Waals surface area contributed by atoms with Crippen LogP contribution < -0.4 is 10.6 Å². The first-order valence-corrected chi connectivity index (χ1v) is 6.83. The number of nitrogens with zero attached hydrogens (tertiary/aromatic N) is 2. The molecule has 1 aromatic carbocycles. The Kier molecular flexibility index (Phi) is 4.88. The number of hydrogen-bond acceptors (Lipinski definition) is 3. The monoisotopic (exact) mass is 304 g/mol. The maximum absolute atomic E-state index is 13.8. The first-order chi connectivity index (χ1) is 10.5. The van der Waals surface area contributed by atoms with Crippen LogP contribution in [0.4, 0.5) is 4.39 Å². The highest BCUT2D eigenvalue weighted by Crippen LogP contribution is 2.15. The van der Waals surface area contributed by atoms with Crippen LogP contribution in [-0.4, -0.2) is 34.7 Å². The molecule has 0 bridgehead atoms. The van der Waals surface area contributed by atoms with Crippen molar-refractivity contribution in [2.24, 2.45) is 0 Å². The highest BCUT2D eigenvalue weighted by molar-refractivity contribution is 5.92. The summed E-state index contributed by atoms with van der Waals surface area (Å²) in [5.74, 6) is -0.941. The molecule has 116 valence electrons. The van der Waals surface area contributed by atoms with Crippen LogP contribution in [0.5, 0.6) is 0 Å². The van der Waals surface area contributed by atoms with Gasteiger partial charge in [0, 0.05) is 25.7 Å². The largest absolute Gasteiger partial charge is 0.355 e. The van der Waals surface area contributed by atoms with Crippen molar-refractivity contribution in [1.29, 1.82) is 0 Å². The van der Waals surface area contributed by atoms with Gasteiger partial charge in [-0.25, -0.2) is 9.07 Å². The van der Waals surface area contributed by atoms with Crippen LogP contribution in [-0.2, 0) is 4.79 Å². The number of halogens is 1. The second-order valence-corrected chi connectivity index (χ2v) is 4.77. The van der Waals surface area contributed by atoms with Crippen LogP contribution >= 0.6 is 0 Å². The lowest BCUT2D eigenvalue weighted by molar-refractivity contribution is -0.118. The summed E-state index contributed by atoms with van der Waals surface area (Å²) >= 11 is 0. The minimum Gasteiger partial charge on any atom is -0.355 e. The quantitative estimate of drug-likeness (QED) is 0.815. The summed E-state index contributed by atoms with van der Waals surface area (Å²) in [5, 5.41) is 9.34. The SMILES string of the molecule is CC(=O)NCCNC(=O)c1cc(C)n(-c2ccccc2F)n1. The van der Waals surface area contributed by atoms with E-state index in [-0.39, 0.29) is 23.2 Å². The molecule has 0 aliphatic heterocycles. The van der Waals surface area contributed by atoms with Crippen LogP contribution in [0.15, 0.2) is 30.3 Å². The second kappa shape index (κ2) is 6.84. The molecule has 0 atom stereocenters. The maximum atomic E-state index is 13.8. The predicted molar refractivity (Wildman–Crippen MR) is 79.3 cm³/mol. The molecule has 2 amide bonds. The molecule has 0 unspecified atom stereocenters. The highest BCUT2D eigenvalue weighted by atomic mass is 19.1. The fourth-order valence-corrected chi connectivity index (χ4v) is 1.96. The lowest BCUT2D eigenvalue weighted by Crippen LogP contribution is -2.33. The Morgan fingerprint density at radius 1 is 1.23 bits per heavy atom. The van der Waals surface area contributed by atoms with E-state index in [4.69, 9.17) is 0 Å². The fourth-order valence-electron chi connectivity index (χ4n) is 1.96. The van der Waals surface area contributed by atoms with Gasteiger partial charge < -0.3 is 10.6 Å². The number of para-hydroxylation sites is 1. The van der Waals surface area contributed by atoms with Crippen LogP contribution in [0.3, 0.4) is 0 Å². The van der Waals surface area contributed by atoms with Crippen LogP contribution in [0.25, 0.3) is 5.69 Å². The maximum Gasteiger partial charge on any atom is 0.271 e. The molecule has 1 aromatic heterocycles. The summed E-state index contributed by atoms with van der Waals surface area (Å²) in [7, 11) is 0. The van der Waals surface area contributed by atoms with Gasteiger partial charge >= 0.3 is 0 Å². The normalized spacial score (nSPS) is 10.3. The average molecular weight is 304 g/mol. The van der Waals surface area contributed by atoms with E-state index in [2.05, 4.69) is 15.7 Å². The number of aryl methyl sites for hydroxylation is 1. The van der Waals surface area contributed by atoms with Crippen molar-refractivity contribution in [3.05, 3.63) is 47.5 Å². The van der Waals surface area contributed by atoms with Crippen LogP contribution in [0, 0.1) is 12.7 Å². The number of rotatable bonds is 5. The number of carbonyl (C=O) groups excluding carboxylic acids is 2. The Bertz CT molecular complexity index is 697. The van der Waals surface area contributed by atoms with Gasteiger partial charge in [0.1, 0.15) is 11.5 Å². The van der Waals surface area contributed by atoms with E-state index in [0.29, 0.717) is 18.8 Å². The summed E-state index contributed by atoms with van der Waals surface area (Å²) < 4.78 is 15.2. The molecular weight excluding hydrogens is 287 g/mol. The molecule has 1 heterocycles. The molecule has 0 spiro atoms. The van der Waals surface area contributed by atoms with Gasteiger partial charge in [-0.2, -0.15) is 5.10 Å². The molecule has 0 saturated heterocycles. The summed E-state index contributed by atoms with van der Waals surface area (Å²) in [4.78, 5) is 22.7. The summed E-state index contributed by atoms with van der Waals surface area (Å²) in [6.45, 7) is 3.78. The standard InChI is InChI=1S/C15H17FN4O2/c1-10-9-13(15(22)18-8-7-17-11(2)21)19-20(10)14-6-4-3-5-12(14)16/h3-6,9H,7-8H2,1-2H3,(H,17,21)(H,18,22). The molecule has 0 aliphatic carbocycles. The van der Waals surface area contributed by atoms with Crippen molar-refractivity contribution in [2.75, 3.05) is 13.1 Å². The first-order valence-electron chi connectivity index (χ1n) is 6.83. The van der Waals surface area contributed by atoms with Crippen molar-refractivity contribution < 1.29 is 14.0 Å². The van der Waals surface area contributed by atoms with E-state index in [1.807, 2.05) is 0 Å². The zero-order chi connectivity index (χ0) is 16.1. The van der Waals surface area contributed by atoms with Crippen molar-refractivity contribution in [3.8, 4) is 5.69 Å². The lowest BCUT2D eigenvalue weighted by atomic mass is 10.3. The average Bonchev–Trinajstić information content (AvgIpc) is 2.86. The second-order valence-electron chi connectivity index (χ2n) is 4.77. The molecular formula is C15H17FN4O2. The smallest absolute Gasteiger partial charge is 0.271 e. The number of benzene rings is 1. The Hall–Kier alpha value is -2.70. The Balaban J connectivity index is 2.08. The number of hydrogen-bond donors (Lipinski definition) is 2. The van der Waals surface area contributed by atoms with Gasteiger partial charge in [0.05, 0.1) is 0 Å². The van der Waals surface area contributed by atoms with Gasteiger partial charge in [0.25, 0.3) is 5.91 Å². The number of carbonyl (C=O) groups is 2. The molecule has 22 heavy (non-hydrogen) atoms. The summed E-state index contributed by atoms with van der Waals surface area (Å²) in [6, 6.07) is 7.80. The zero-order valence-electron chi connectivity index (χ0n) is 12.4. The van der Waals surface area contributed by atoms with Crippen LogP contribution in [0.2, 0.25) is 0 Å². The number of amides is 2. The Labute approximate surface area is 127 Å². The van der Waals surface area contributed by atoms with Gasteiger partial charge in [-0.1, -0.05) is 12.1 Å². The predicted octanol–water partition coefficient (Wildman–Crippen LogP) is 1.19. The third kappa shape index (κ3) is 3.69. The molecule has 2 N–H and O–H groups in total. The molecule has 6 nitrogen and oxygen atoms in total. The molecule has 7 heteroatoms. The third-order valence-electron chi connectivity index (χ3n) is 2.99. The molecule has 0 radical (unpaired) electrons. The minimum absolute atomic E-state index is 0.158. The Morgan fingerprint density at radius 2 is 1.91 bits per heavy atom. The van der Waals surface area contributed by atoms with Gasteiger partial charge in [0.2, 0.25) is 5.91 Å². The van der Waals surface area contributed by atoms with Crippen molar-refractivity contribution in [2.45, 2.75) is 13.8 Å². The Morgan fingerprint density at radius 3 is 2.59 bits per heavy atom. The highest BCUT2D eigenvalue weighted by Gasteiger charge is 2.14. The van der Waals surface area contributed by atoms with E-state index >= 15 is 0 Å². The topological polar surface area (TPSA) is 76.0 Å².